The number of methoxy groups -OCH3 is 1. The molecule has 2 saturated heterocycles. The van der Waals surface area contributed by atoms with Gasteiger partial charge in [0.2, 0.25) is 12.6 Å². The van der Waals surface area contributed by atoms with E-state index in [1.54, 1.807) is 7.11 Å². The number of hydrogen-bond acceptors (Lipinski definition) is 14. The van der Waals surface area contributed by atoms with Crippen LogP contribution >= 0.6 is 9.03 Å². The molecule has 0 amide bonds. The Bertz CT molecular complexity index is 567. The van der Waals surface area contributed by atoms with Crippen LogP contribution in [0, 0.1) is 0 Å². The molecule has 0 aromatic rings. The van der Waals surface area contributed by atoms with Crippen molar-refractivity contribution in [2.45, 2.75) is 129 Å². The summed E-state index contributed by atoms with van der Waals surface area (Å²) in [6.07, 6.45) is -8.36. The van der Waals surface area contributed by atoms with Gasteiger partial charge >= 0.3 is 0 Å². The summed E-state index contributed by atoms with van der Waals surface area (Å²) >= 11 is 0. The Kier molecular flexibility index (Phi) is 31.0. The Labute approximate surface area is 253 Å². The minimum absolute atomic E-state index is 0.0376. The van der Waals surface area contributed by atoms with Crippen LogP contribution in [0.2, 0.25) is 0 Å². The van der Waals surface area contributed by atoms with Gasteiger partial charge < -0.3 is 68.1 Å². The van der Waals surface area contributed by atoms with E-state index in [0.29, 0.717) is 39.1 Å². The van der Waals surface area contributed by atoms with Crippen LogP contribution in [-0.4, -0.2) is 133 Å². The van der Waals surface area contributed by atoms with Gasteiger partial charge in [0.1, 0.15) is 30.5 Å². The van der Waals surface area contributed by atoms with Gasteiger partial charge in [-0.3, -0.25) is 0 Å². The van der Waals surface area contributed by atoms with Crippen LogP contribution < -0.4 is 0 Å². The van der Waals surface area contributed by atoms with Gasteiger partial charge in [0, 0.05) is 26.9 Å². The Morgan fingerprint density at radius 3 is 1.81 bits per heavy atom. The summed E-state index contributed by atoms with van der Waals surface area (Å²) in [6, 6.07) is 0. The fourth-order valence-corrected chi connectivity index (χ4v) is 3.81. The molecule has 15 heteroatoms. The highest BCUT2D eigenvalue weighted by Gasteiger charge is 2.45. The molecule has 0 aromatic heterocycles. The van der Waals surface area contributed by atoms with Crippen molar-refractivity contribution >= 4 is 9.03 Å². The number of rotatable bonds is 18. The molecule has 0 aromatic carbocycles. The van der Waals surface area contributed by atoms with Crippen LogP contribution in [0.4, 0.5) is 0 Å². The number of unbranched alkanes of at least 4 members (excludes halogenated alkanes) is 3. The highest BCUT2D eigenvalue weighted by atomic mass is 31.1. The molecule has 0 saturated carbocycles. The molecule has 10 atom stereocenters. The van der Waals surface area contributed by atoms with E-state index >= 15 is 0 Å². The molecule has 0 spiro atoms. The first-order valence-electron chi connectivity index (χ1n) is 15.1. The van der Waals surface area contributed by atoms with Crippen LogP contribution in [0.15, 0.2) is 0 Å². The molecule has 2 rings (SSSR count). The molecular formula is C27H59O14P. The lowest BCUT2D eigenvalue weighted by molar-refractivity contribution is -0.394. The smallest absolute Gasteiger partial charge is 0.209 e. The lowest BCUT2D eigenvalue weighted by Gasteiger charge is -2.41. The van der Waals surface area contributed by atoms with Crippen LogP contribution in [0.25, 0.3) is 0 Å². The molecule has 2 aliphatic heterocycles. The largest absolute Gasteiger partial charge is 0.387 e. The first kappa shape index (κ1) is 44.0. The molecule has 2 fully saturated rings. The van der Waals surface area contributed by atoms with Crippen LogP contribution in [0.3, 0.4) is 0 Å². The molecule has 0 aliphatic carbocycles. The summed E-state index contributed by atoms with van der Waals surface area (Å²) in [5.74, 6) is 0. The molecule has 42 heavy (non-hydrogen) atoms. The summed E-state index contributed by atoms with van der Waals surface area (Å²) < 4.78 is 42.5. The molecule has 0 bridgehead atoms. The normalized spacial score (nSPS) is 30.9. The van der Waals surface area contributed by atoms with Crippen LogP contribution in [0.1, 0.15) is 73.6 Å². The highest BCUT2D eigenvalue weighted by molar-refractivity contribution is 7.24. The average molecular weight is 639 g/mol. The first-order valence-corrected chi connectivity index (χ1v) is 15.9. The summed E-state index contributed by atoms with van der Waals surface area (Å²) in [5.41, 5.74) is 0. The third-order valence-electron chi connectivity index (χ3n) is 5.64. The monoisotopic (exact) mass is 638 g/mol. The van der Waals surface area contributed by atoms with Crippen molar-refractivity contribution < 1.29 is 68.1 Å². The van der Waals surface area contributed by atoms with Gasteiger partial charge in [-0.05, 0) is 32.1 Å². The second-order valence-electron chi connectivity index (χ2n) is 8.45. The Hall–Kier alpha value is -0.130. The zero-order chi connectivity index (χ0) is 32.3. The highest BCUT2D eigenvalue weighted by Crippen LogP contribution is 2.25. The molecule has 10 unspecified atom stereocenters. The molecule has 2 heterocycles. The summed E-state index contributed by atoms with van der Waals surface area (Å²) in [4.78, 5) is 8.59. The van der Waals surface area contributed by atoms with Crippen molar-refractivity contribution in [3.05, 3.63) is 0 Å². The van der Waals surface area contributed by atoms with Gasteiger partial charge in [-0.25, -0.2) is 0 Å². The van der Waals surface area contributed by atoms with Gasteiger partial charge in [0.25, 0.3) is 0 Å². The zero-order valence-corrected chi connectivity index (χ0v) is 27.4. The molecule has 256 valence electrons. The number of ether oxygens (including phenoxy) is 7. The van der Waals surface area contributed by atoms with E-state index in [1.807, 2.05) is 41.5 Å². The van der Waals surface area contributed by atoms with Crippen molar-refractivity contribution in [2.24, 2.45) is 0 Å². The SMILES string of the molecule is CC.CC.CC.COCCCCCOC1OC(COC2OC(COCCCCOPO)C(O)OC2O)C(O)C(O)C1O. The molecule has 0 radical (unpaired) electrons. The third-order valence-corrected chi connectivity index (χ3v) is 5.97. The topological polar surface area (TPSA) is 195 Å². The second kappa shape index (κ2) is 29.6. The van der Waals surface area contributed by atoms with Crippen molar-refractivity contribution in [1.82, 2.24) is 0 Å². The lowest BCUT2D eigenvalue weighted by Crippen LogP contribution is -2.60. The van der Waals surface area contributed by atoms with E-state index in [0.717, 1.165) is 12.8 Å². The fourth-order valence-electron chi connectivity index (χ4n) is 3.57. The molecule has 6 N–H and O–H groups in total. The van der Waals surface area contributed by atoms with Crippen LogP contribution in [-0.2, 0) is 37.7 Å². The third kappa shape index (κ3) is 18.0. The number of aliphatic hydroxyl groups is 5. The molecule has 2 aliphatic rings. The van der Waals surface area contributed by atoms with Crippen molar-refractivity contribution in [1.29, 1.82) is 0 Å². The van der Waals surface area contributed by atoms with Crippen molar-refractivity contribution in [3.63, 3.8) is 0 Å². The first-order chi connectivity index (χ1) is 20.4. The van der Waals surface area contributed by atoms with Gasteiger partial charge in [0.15, 0.2) is 21.6 Å². The average Bonchev–Trinajstić information content (AvgIpc) is 3.02. The fraction of sp³-hybridized carbons (Fsp3) is 1.00. The Balaban J connectivity index is 0. The maximum Gasteiger partial charge on any atom is 0.209 e. The predicted octanol–water partition coefficient (Wildman–Crippen LogP) is 1.42. The minimum atomic E-state index is -1.62. The number of hydrogen-bond donors (Lipinski definition) is 6. The van der Waals surface area contributed by atoms with Crippen molar-refractivity contribution in [3.8, 4) is 0 Å². The van der Waals surface area contributed by atoms with E-state index in [9.17, 15) is 25.5 Å². The standard InChI is InChI=1S/C21H41O14P.3C2H6/c1-28-7-3-2-4-9-30-20-17(24)16(23)15(22)13(33-20)12-31-21-19(26)35-18(25)14(34-21)11-29-8-5-6-10-32-36-27;3*1-2/h13-27,36H,2-12H2,1H3;3*1-2H3. The summed E-state index contributed by atoms with van der Waals surface area (Å²) in [7, 11) is 1.07. The van der Waals surface area contributed by atoms with Gasteiger partial charge in [-0.15, -0.1) is 0 Å². The lowest BCUT2D eigenvalue weighted by atomic mass is 9.99. The van der Waals surface area contributed by atoms with Gasteiger partial charge in [-0.2, -0.15) is 0 Å². The van der Waals surface area contributed by atoms with E-state index in [1.165, 1.54) is 0 Å². The van der Waals surface area contributed by atoms with Gasteiger partial charge in [0.05, 0.1) is 19.8 Å². The molecular weight excluding hydrogens is 579 g/mol. The van der Waals surface area contributed by atoms with Crippen LogP contribution in [0.5, 0.6) is 0 Å². The van der Waals surface area contributed by atoms with E-state index in [4.69, 9.17) is 42.6 Å². The maximum absolute atomic E-state index is 10.3. The van der Waals surface area contributed by atoms with E-state index < -0.39 is 64.7 Å². The second-order valence-corrected chi connectivity index (χ2v) is 8.93. The number of aliphatic hydroxyl groups excluding tert-OH is 5. The van der Waals surface area contributed by atoms with E-state index in [2.05, 4.69) is 0 Å². The maximum atomic E-state index is 10.3. The molecule has 14 nitrogen and oxygen atoms in total. The predicted molar refractivity (Wildman–Crippen MR) is 157 cm³/mol. The summed E-state index contributed by atoms with van der Waals surface area (Å²) in [5, 5.41) is 50.8. The summed E-state index contributed by atoms with van der Waals surface area (Å²) in [6.45, 7) is 13.3. The van der Waals surface area contributed by atoms with E-state index in [-0.39, 0.29) is 19.8 Å². The Morgan fingerprint density at radius 2 is 1.17 bits per heavy atom. The quantitative estimate of drug-likeness (QED) is 0.0932. The Morgan fingerprint density at radius 1 is 0.571 bits per heavy atom. The minimum Gasteiger partial charge on any atom is -0.387 e. The van der Waals surface area contributed by atoms with Gasteiger partial charge in [-0.1, -0.05) is 41.5 Å². The zero-order valence-electron chi connectivity index (χ0n) is 26.4. The van der Waals surface area contributed by atoms with Crippen molar-refractivity contribution in [2.75, 3.05) is 46.8 Å².